The molecule has 0 bridgehead atoms. The van der Waals surface area contributed by atoms with E-state index in [1.54, 1.807) is 6.33 Å². The summed E-state index contributed by atoms with van der Waals surface area (Å²) in [5.74, 6) is 0. The predicted molar refractivity (Wildman–Crippen MR) is 64.4 cm³/mol. The summed E-state index contributed by atoms with van der Waals surface area (Å²) in [7, 11) is 0. The van der Waals surface area contributed by atoms with Crippen molar-refractivity contribution in [3.63, 3.8) is 0 Å². The van der Waals surface area contributed by atoms with E-state index in [0.29, 0.717) is 6.54 Å². The minimum absolute atomic E-state index is 0.136. The summed E-state index contributed by atoms with van der Waals surface area (Å²) in [6.45, 7) is 6.51. The summed E-state index contributed by atoms with van der Waals surface area (Å²) in [6, 6.07) is 0. The Morgan fingerprint density at radius 1 is 1.53 bits per heavy atom. The lowest BCUT2D eigenvalue weighted by Gasteiger charge is -2.34. The molecule has 2 heterocycles. The van der Waals surface area contributed by atoms with Crippen molar-refractivity contribution in [2.24, 2.45) is 5.41 Å². The molecule has 84 valence electrons. The van der Waals surface area contributed by atoms with E-state index in [2.05, 4.69) is 41.4 Å². The van der Waals surface area contributed by atoms with Crippen LogP contribution in [0.25, 0.3) is 0 Å². The second-order valence-corrected chi connectivity index (χ2v) is 5.71. The van der Waals surface area contributed by atoms with Crippen LogP contribution >= 0.6 is 22.6 Å². The normalized spacial score (nSPS) is 21.8. The van der Waals surface area contributed by atoms with Crippen LogP contribution in [0.3, 0.4) is 0 Å². The molecule has 1 aromatic rings. The van der Waals surface area contributed by atoms with Crippen LogP contribution in [-0.2, 0) is 16.0 Å². The Morgan fingerprint density at radius 3 is 2.73 bits per heavy atom. The van der Waals surface area contributed by atoms with Crippen molar-refractivity contribution in [1.29, 1.82) is 0 Å². The van der Waals surface area contributed by atoms with Crippen molar-refractivity contribution < 1.29 is 9.47 Å². The molecule has 1 aliphatic heterocycles. The van der Waals surface area contributed by atoms with Gasteiger partial charge in [0, 0.05) is 11.6 Å². The topological polar surface area (TPSA) is 36.3 Å². The van der Waals surface area contributed by atoms with Gasteiger partial charge >= 0.3 is 0 Å². The SMILES string of the molecule is CC1(C)COC(Cn2cnc(I)c2)OC1. The zero-order chi connectivity index (χ0) is 10.9. The molecule has 1 fully saturated rings. The van der Waals surface area contributed by atoms with Crippen LogP contribution in [0.4, 0.5) is 0 Å². The number of hydrogen-bond donors (Lipinski definition) is 0. The van der Waals surface area contributed by atoms with Gasteiger partial charge in [-0.1, -0.05) is 13.8 Å². The third kappa shape index (κ3) is 3.15. The van der Waals surface area contributed by atoms with Gasteiger partial charge in [-0.15, -0.1) is 0 Å². The van der Waals surface area contributed by atoms with Gasteiger partial charge in [0.05, 0.1) is 26.1 Å². The van der Waals surface area contributed by atoms with E-state index >= 15 is 0 Å². The number of ether oxygens (including phenoxy) is 2. The lowest BCUT2D eigenvalue weighted by molar-refractivity contribution is -0.226. The zero-order valence-electron chi connectivity index (χ0n) is 8.94. The van der Waals surface area contributed by atoms with Gasteiger partial charge < -0.3 is 14.0 Å². The maximum absolute atomic E-state index is 5.63. The first-order chi connectivity index (χ1) is 7.05. The van der Waals surface area contributed by atoms with Crippen LogP contribution in [0.2, 0.25) is 0 Å². The van der Waals surface area contributed by atoms with Crippen molar-refractivity contribution in [2.45, 2.75) is 26.7 Å². The monoisotopic (exact) mass is 322 g/mol. The summed E-state index contributed by atoms with van der Waals surface area (Å²) in [4.78, 5) is 4.15. The first-order valence-electron chi connectivity index (χ1n) is 4.96. The number of aromatic nitrogens is 2. The molecule has 0 spiro atoms. The first kappa shape index (κ1) is 11.3. The van der Waals surface area contributed by atoms with Gasteiger partial charge in [0.15, 0.2) is 6.29 Å². The molecule has 2 rings (SSSR count). The van der Waals surface area contributed by atoms with Crippen molar-refractivity contribution in [1.82, 2.24) is 9.55 Å². The number of hydrogen-bond acceptors (Lipinski definition) is 3. The minimum Gasteiger partial charge on any atom is -0.350 e. The highest BCUT2D eigenvalue weighted by molar-refractivity contribution is 14.1. The van der Waals surface area contributed by atoms with Crippen molar-refractivity contribution >= 4 is 22.6 Å². The van der Waals surface area contributed by atoms with E-state index in [-0.39, 0.29) is 11.7 Å². The third-order valence-corrected chi connectivity index (χ3v) is 2.84. The summed E-state index contributed by atoms with van der Waals surface area (Å²) in [6.07, 6.45) is 3.64. The van der Waals surface area contributed by atoms with Crippen LogP contribution in [0.5, 0.6) is 0 Å². The number of halogens is 1. The molecule has 0 saturated carbocycles. The summed E-state index contributed by atoms with van der Waals surface area (Å²) >= 11 is 2.19. The molecular formula is C10H15IN2O2. The minimum atomic E-state index is -0.136. The predicted octanol–water partition coefficient (Wildman–Crippen LogP) is 1.89. The van der Waals surface area contributed by atoms with E-state index in [4.69, 9.17) is 9.47 Å². The van der Waals surface area contributed by atoms with Gasteiger partial charge in [-0.25, -0.2) is 4.98 Å². The Bertz CT molecular complexity index is 328. The second kappa shape index (κ2) is 4.39. The molecule has 0 aliphatic carbocycles. The smallest absolute Gasteiger partial charge is 0.175 e. The van der Waals surface area contributed by atoms with Crippen molar-refractivity contribution in [3.05, 3.63) is 16.2 Å². The Balaban J connectivity index is 1.87. The second-order valence-electron chi connectivity index (χ2n) is 4.61. The molecule has 1 saturated heterocycles. The van der Waals surface area contributed by atoms with Gasteiger partial charge in [-0.05, 0) is 22.6 Å². The largest absolute Gasteiger partial charge is 0.350 e. The highest BCUT2D eigenvalue weighted by atomic mass is 127. The molecule has 0 amide bonds. The van der Waals surface area contributed by atoms with Crippen LogP contribution in [-0.4, -0.2) is 29.1 Å². The van der Waals surface area contributed by atoms with Crippen LogP contribution in [0, 0.1) is 9.12 Å². The van der Waals surface area contributed by atoms with Crippen LogP contribution in [0.1, 0.15) is 13.8 Å². The lowest BCUT2D eigenvalue weighted by Crippen LogP contribution is -2.39. The summed E-state index contributed by atoms with van der Waals surface area (Å²) in [5.41, 5.74) is 0.139. The van der Waals surface area contributed by atoms with Crippen LogP contribution in [0.15, 0.2) is 12.5 Å². The van der Waals surface area contributed by atoms with Gasteiger partial charge in [-0.3, -0.25) is 0 Å². The summed E-state index contributed by atoms with van der Waals surface area (Å²) in [5, 5.41) is 0. The third-order valence-electron chi connectivity index (χ3n) is 2.28. The zero-order valence-corrected chi connectivity index (χ0v) is 11.1. The molecule has 1 aromatic heterocycles. The molecule has 5 heteroatoms. The average molecular weight is 322 g/mol. The van der Waals surface area contributed by atoms with E-state index in [1.165, 1.54) is 0 Å². The van der Waals surface area contributed by atoms with E-state index in [0.717, 1.165) is 16.9 Å². The summed E-state index contributed by atoms with van der Waals surface area (Å²) < 4.78 is 14.2. The Morgan fingerprint density at radius 2 is 2.20 bits per heavy atom. The molecule has 0 radical (unpaired) electrons. The molecule has 0 N–H and O–H groups in total. The van der Waals surface area contributed by atoms with Crippen molar-refractivity contribution in [2.75, 3.05) is 13.2 Å². The molecule has 0 unspecified atom stereocenters. The Labute approximate surface area is 103 Å². The highest BCUT2D eigenvalue weighted by Gasteiger charge is 2.28. The number of rotatable bonds is 2. The van der Waals surface area contributed by atoms with Gasteiger partial charge in [0.25, 0.3) is 0 Å². The quantitative estimate of drug-likeness (QED) is 0.780. The Kier molecular flexibility index (Phi) is 3.32. The molecule has 0 atom stereocenters. The fourth-order valence-corrected chi connectivity index (χ4v) is 1.92. The average Bonchev–Trinajstić information content (AvgIpc) is 2.55. The Hall–Kier alpha value is -0.140. The molecule has 4 nitrogen and oxygen atoms in total. The van der Waals surface area contributed by atoms with Gasteiger partial charge in [-0.2, -0.15) is 0 Å². The standard InChI is InChI=1S/C10H15IN2O2/c1-10(2)5-14-9(15-6-10)4-13-3-8(11)12-7-13/h3,7,9H,4-6H2,1-2H3. The van der Waals surface area contributed by atoms with Crippen LogP contribution < -0.4 is 0 Å². The van der Waals surface area contributed by atoms with E-state index in [1.807, 2.05) is 10.8 Å². The van der Waals surface area contributed by atoms with E-state index in [9.17, 15) is 0 Å². The fourth-order valence-electron chi connectivity index (χ4n) is 1.44. The molecule has 15 heavy (non-hydrogen) atoms. The number of imidazole rings is 1. The maximum atomic E-state index is 5.63. The van der Waals surface area contributed by atoms with E-state index < -0.39 is 0 Å². The first-order valence-corrected chi connectivity index (χ1v) is 6.03. The molecular weight excluding hydrogens is 307 g/mol. The van der Waals surface area contributed by atoms with Gasteiger partial charge in [0.1, 0.15) is 3.70 Å². The highest BCUT2D eigenvalue weighted by Crippen LogP contribution is 2.23. The van der Waals surface area contributed by atoms with Gasteiger partial charge in [0.2, 0.25) is 0 Å². The molecule has 0 aromatic carbocycles. The fraction of sp³-hybridized carbons (Fsp3) is 0.700. The molecule has 1 aliphatic rings. The lowest BCUT2D eigenvalue weighted by atomic mass is 9.96. The van der Waals surface area contributed by atoms with Crippen molar-refractivity contribution in [3.8, 4) is 0 Å². The maximum Gasteiger partial charge on any atom is 0.175 e. The number of nitrogens with zero attached hydrogens (tertiary/aromatic N) is 2.